The Bertz CT molecular complexity index is 1020. The first-order valence-corrected chi connectivity index (χ1v) is 10.6. The van der Waals surface area contributed by atoms with Crippen molar-refractivity contribution in [1.82, 2.24) is 4.90 Å². The molecule has 1 atom stereocenters. The summed E-state index contributed by atoms with van der Waals surface area (Å²) in [6.07, 6.45) is 4.91. The number of hydrogen-bond acceptors (Lipinski definition) is 6. The fourth-order valence-corrected chi connectivity index (χ4v) is 4.06. The van der Waals surface area contributed by atoms with Crippen LogP contribution in [0.3, 0.4) is 0 Å². The van der Waals surface area contributed by atoms with Crippen molar-refractivity contribution < 1.29 is 23.8 Å². The van der Waals surface area contributed by atoms with Crippen molar-refractivity contribution in [2.75, 3.05) is 32.2 Å². The standard InChI is InChI=1S/C24H27N3O5/c1-30-20-13-16(14-21-23(20)32-11-10-31-21)7-8-22(28)26-18-5-2-4-17(12-18)15-27-9-3-6-19(27)24(25)29/h2,4-5,7-8,12-14,19H,3,6,9-11,15H2,1H3,(H2,25,29)(H,26,28)/b8-7+. The van der Waals surface area contributed by atoms with Crippen LogP contribution in [0.1, 0.15) is 24.0 Å². The molecule has 32 heavy (non-hydrogen) atoms. The van der Waals surface area contributed by atoms with Crippen molar-refractivity contribution in [3.05, 3.63) is 53.6 Å². The molecule has 2 aromatic carbocycles. The fourth-order valence-electron chi connectivity index (χ4n) is 4.06. The molecule has 0 radical (unpaired) electrons. The van der Waals surface area contributed by atoms with Crippen LogP contribution in [0.25, 0.3) is 6.08 Å². The number of carbonyl (C=O) groups excluding carboxylic acids is 2. The number of methoxy groups -OCH3 is 1. The molecule has 2 aliphatic rings. The number of nitrogens with two attached hydrogens (primary N) is 1. The van der Waals surface area contributed by atoms with Crippen LogP contribution in [-0.2, 0) is 16.1 Å². The lowest BCUT2D eigenvalue weighted by molar-refractivity contribution is -0.122. The van der Waals surface area contributed by atoms with Gasteiger partial charge < -0.3 is 25.3 Å². The predicted molar refractivity (Wildman–Crippen MR) is 121 cm³/mol. The summed E-state index contributed by atoms with van der Waals surface area (Å²) in [5, 5.41) is 2.88. The average Bonchev–Trinajstić information content (AvgIpc) is 3.26. The highest BCUT2D eigenvalue weighted by Gasteiger charge is 2.28. The van der Waals surface area contributed by atoms with E-state index in [4.69, 9.17) is 19.9 Å². The van der Waals surface area contributed by atoms with Gasteiger partial charge >= 0.3 is 0 Å². The molecule has 168 valence electrons. The quantitative estimate of drug-likeness (QED) is 0.646. The number of nitrogens with zero attached hydrogens (tertiary/aromatic N) is 1. The Morgan fingerprint density at radius 2 is 2.09 bits per heavy atom. The van der Waals surface area contributed by atoms with Gasteiger partial charge in [0.25, 0.3) is 0 Å². The van der Waals surface area contributed by atoms with Crippen molar-refractivity contribution in [3.8, 4) is 17.2 Å². The highest BCUT2D eigenvalue weighted by Crippen LogP contribution is 2.40. The summed E-state index contributed by atoms with van der Waals surface area (Å²) >= 11 is 0. The molecule has 2 aromatic rings. The van der Waals surface area contributed by atoms with E-state index in [0.29, 0.717) is 42.7 Å². The van der Waals surface area contributed by atoms with E-state index in [-0.39, 0.29) is 17.9 Å². The summed E-state index contributed by atoms with van der Waals surface area (Å²) in [5.41, 5.74) is 7.97. The maximum absolute atomic E-state index is 12.5. The Balaban J connectivity index is 1.41. The molecule has 0 spiro atoms. The number of benzene rings is 2. The molecule has 8 nitrogen and oxygen atoms in total. The number of anilines is 1. The van der Waals surface area contributed by atoms with Gasteiger partial charge in [0.05, 0.1) is 13.2 Å². The predicted octanol–water partition coefficient (Wildman–Crippen LogP) is 2.57. The van der Waals surface area contributed by atoms with Gasteiger partial charge in [-0.05, 0) is 60.9 Å². The Kier molecular flexibility index (Phi) is 6.61. The molecular formula is C24H27N3O5. The number of primary amides is 1. The van der Waals surface area contributed by atoms with Gasteiger partial charge in [-0.2, -0.15) is 0 Å². The van der Waals surface area contributed by atoms with Gasteiger partial charge in [0.15, 0.2) is 11.5 Å². The molecule has 0 bridgehead atoms. The second kappa shape index (κ2) is 9.74. The molecule has 4 rings (SSSR count). The lowest BCUT2D eigenvalue weighted by atomic mass is 10.1. The second-order valence-electron chi connectivity index (χ2n) is 7.80. The Hall–Kier alpha value is -3.52. The SMILES string of the molecule is COc1cc(/C=C/C(=O)Nc2cccc(CN3CCCC3C(N)=O)c2)cc2c1OCCO2. The minimum atomic E-state index is -0.284. The van der Waals surface area contributed by atoms with Gasteiger partial charge in [0, 0.05) is 18.3 Å². The van der Waals surface area contributed by atoms with E-state index in [2.05, 4.69) is 10.2 Å². The van der Waals surface area contributed by atoms with Crippen LogP contribution in [0.15, 0.2) is 42.5 Å². The van der Waals surface area contributed by atoms with E-state index in [1.165, 1.54) is 6.08 Å². The summed E-state index contributed by atoms with van der Waals surface area (Å²) in [4.78, 5) is 26.2. The van der Waals surface area contributed by atoms with Crippen LogP contribution in [0.2, 0.25) is 0 Å². The van der Waals surface area contributed by atoms with E-state index in [1.807, 2.05) is 30.3 Å². The molecule has 2 amide bonds. The molecule has 0 aromatic heterocycles. The van der Waals surface area contributed by atoms with Gasteiger partial charge in [-0.3, -0.25) is 14.5 Å². The van der Waals surface area contributed by atoms with Crippen molar-refractivity contribution in [3.63, 3.8) is 0 Å². The molecular weight excluding hydrogens is 410 g/mol. The topological polar surface area (TPSA) is 103 Å². The number of hydrogen-bond donors (Lipinski definition) is 2. The average molecular weight is 437 g/mol. The summed E-state index contributed by atoms with van der Waals surface area (Å²) in [5.74, 6) is 1.19. The molecule has 1 unspecified atom stereocenters. The maximum atomic E-state index is 12.5. The molecule has 8 heteroatoms. The van der Waals surface area contributed by atoms with Gasteiger partial charge in [0.2, 0.25) is 17.6 Å². The van der Waals surface area contributed by atoms with Crippen molar-refractivity contribution in [2.45, 2.75) is 25.4 Å². The summed E-state index contributed by atoms with van der Waals surface area (Å²) in [6, 6.07) is 11.0. The van der Waals surface area contributed by atoms with Gasteiger partial charge in [-0.1, -0.05) is 12.1 Å². The highest BCUT2D eigenvalue weighted by molar-refractivity contribution is 6.02. The Labute approximate surface area is 186 Å². The number of likely N-dealkylation sites (tertiary alicyclic amines) is 1. The summed E-state index contributed by atoms with van der Waals surface area (Å²) < 4.78 is 16.6. The smallest absolute Gasteiger partial charge is 0.248 e. The maximum Gasteiger partial charge on any atom is 0.248 e. The normalized spacial score (nSPS) is 18.0. The first kappa shape index (κ1) is 21.7. The van der Waals surface area contributed by atoms with E-state index in [1.54, 1.807) is 19.3 Å². The van der Waals surface area contributed by atoms with Crippen molar-refractivity contribution >= 4 is 23.6 Å². The van der Waals surface area contributed by atoms with Crippen molar-refractivity contribution in [2.24, 2.45) is 5.73 Å². The third-order valence-electron chi connectivity index (χ3n) is 5.55. The molecule has 2 heterocycles. The monoisotopic (exact) mass is 437 g/mol. The first-order valence-electron chi connectivity index (χ1n) is 10.6. The number of fused-ring (bicyclic) bond motifs is 1. The lowest BCUT2D eigenvalue weighted by Gasteiger charge is -2.22. The first-order chi connectivity index (χ1) is 15.5. The molecule has 1 saturated heterocycles. The molecule has 1 fully saturated rings. The summed E-state index contributed by atoms with van der Waals surface area (Å²) in [7, 11) is 1.56. The lowest BCUT2D eigenvalue weighted by Crippen LogP contribution is -2.39. The van der Waals surface area contributed by atoms with Crippen molar-refractivity contribution in [1.29, 1.82) is 0 Å². The zero-order chi connectivity index (χ0) is 22.5. The number of ether oxygens (including phenoxy) is 3. The molecule has 2 aliphatic heterocycles. The van der Waals surface area contributed by atoms with Crippen LogP contribution in [-0.4, -0.2) is 49.6 Å². The highest BCUT2D eigenvalue weighted by atomic mass is 16.6. The van der Waals surface area contributed by atoms with Gasteiger partial charge in [-0.25, -0.2) is 0 Å². The third kappa shape index (κ3) is 5.03. The molecule has 0 saturated carbocycles. The number of carbonyl (C=O) groups is 2. The number of rotatable bonds is 7. The second-order valence-corrected chi connectivity index (χ2v) is 7.80. The zero-order valence-electron chi connectivity index (χ0n) is 18.0. The van der Waals surface area contributed by atoms with Gasteiger partial charge in [0.1, 0.15) is 13.2 Å². The Morgan fingerprint density at radius 3 is 2.91 bits per heavy atom. The van der Waals surface area contributed by atoms with E-state index in [0.717, 1.165) is 30.5 Å². The largest absolute Gasteiger partial charge is 0.493 e. The van der Waals surface area contributed by atoms with E-state index in [9.17, 15) is 9.59 Å². The third-order valence-corrected chi connectivity index (χ3v) is 5.55. The number of amides is 2. The summed E-state index contributed by atoms with van der Waals surface area (Å²) in [6.45, 7) is 2.40. The molecule has 3 N–H and O–H groups in total. The van der Waals surface area contributed by atoms with Gasteiger partial charge in [-0.15, -0.1) is 0 Å². The zero-order valence-corrected chi connectivity index (χ0v) is 18.0. The minimum Gasteiger partial charge on any atom is -0.493 e. The van der Waals surface area contributed by atoms with Crippen LogP contribution in [0.4, 0.5) is 5.69 Å². The molecule has 0 aliphatic carbocycles. The number of nitrogens with one attached hydrogen (secondary N) is 1. The Morgan fingerprint density at radius 1 is 1.25 bits per heavy atom. The van der Waals surface area contributed by atoms with Crippen LogP contribution in [0.5, 0.6) is 17.2 Å². The fraction of sp³-hybridized carbons (Fsp3) is 0.333. The minimum absolute atomic E-state index is 0.223. The van der Waals surface area contributed by atoms with Crippen LogP contribution < -0.4 is 25.3 Å². The van der Waals surface area contributed by atoms with E-state index >= 15 is 0 Å². The van der Waals surface area contributed by atoms with Crippen LogP contribution in [0, 0.1) is 0 Å². The van der Waals surface area contributed by atoms with Crippen LogP contribution >= 0.6 is 0 Å². The van der Waals surface area contributed by atoms with E-state index < -0.39 is 0 Å².